The highest BCUT2D eigenvalue weighted by Gasteiger charge is 2.24. The number of H-pyrrole nitrogens is 1. The molecule has 190 valence electrons. The van der Waals surface area contributed by atoms with Crippen molar-refractivity contribution in [3.8, 4) is 0 Å². The fraction of sp³-hybridized carbons (Fsp3) is 0.333. The van der Waals surface area contributed by atoms with Gasteiger partial charge in [-0.05, 0) is 65.9 Å². The van der Waals surface area contributed by atoms with Gasteiger partial charge in [-0.2, -0.15) is 0 Å². The van der Waals surface area contributed by atoms with E-state index in [4.69, 9.17) is 0 Å². The molecule has 2 aromatic carbocycles. The monoisotopic (exact) mass is 497 g/mol. The van der Waals surface area contributed by atoms with Gasteiger partial charge >= 0.3 is 0 Å². The van der Waals surface area contributed by atoms with Gasteiger partial charge in [0.15, 0.2) is 0 Å². The molecule has 2 aromatic heterocycles. The molecule has 6 nitrogen and oxygen atoms in total. The Kier molecular flexibility index (Phi) is 6.72. The number of rotatable bonds is 6. The lowest BCUT2D eigenvalue weighted by Gasteiger charge is -2.32. The molecule has 1 fully saturated rings. The number of likely N-dealkylation sites (tertiary alicyclic amines) is 1. The highest BCUT2D eigenvalue weighted by Crippen LogP contribution is 2.29. The first kappa shape index (κ1) is 23.8. The second-order valence-electron chi connectivity index (χ2n) is 10.3. The zero-order chi connectivity index (χ0) is 25.2. The Bertz CT molecular complexity index is 1380. The summed E-state index contributed by atoms with van der Waals surface area (Å²) in [6, 6.07) is 17.0. The molecule has 1 saturated heterocycles. The zero-order valence-corrected chi connectivity index (χ0v) is 20.9. The molecule has 1 amide bonds. The molecule has 6 rings (SSSR count). The number of benzene rings is 2. The van der Waals surface area contributed by atoms with Gasteiger partial charge in [-0.25, -0.2) is 4.39 Å². The van der Waals surface area contributed by atoms with E-state index in [1.54, 1.807) is 6.20 Å². The molecule has 0 unspecified atom stereocenters. The molecule has 2 N–H and O–H groups in total. The molecule has 7 heteroatoms. The number of carbonyl (C=O) groups is 1. The van der Waals surface area contributed by atoms with Crippen LogP contribution in [0.25, 0.3) is 10.9 Å². The molecule has 37 heavy (non-hydrogen) atoms. The molecule has 0 bridgehead atoms. The van der Waals surface area contributed by atoms with E-state index in [-0.39, 0.29) is 17.8 Å². The molecule has 0 radical (unpaired) electrons. The molecule has 0 saturated carbocycles. The van der Waals surface area contributed by atoms with Gasteiger partial charge in [-0.3, -0.25) is 19.6 Å². The van der Waals surface area contributed by atoms with Crippen molar-refractivity contribution in [1.82, 2.24) is 25.1 Å². The van der Waals surface area contributed by atoms with Gasteiger partial charge in [0.1, 0.15) is 5.82 Å². The Hall–Kier alpha value is -3.55. The van der Waals surface area contributed by atoms with Crippen LogP contribution in [0.4, 0.5) is 4.39 Å². The van der Waals surface area contributed by atoms with Crippen molar-refractivity contribution in [1.29, 1.82) is 0 Å². The third-order valence-corrected chi connectivity index (χ3v) is 7.69. The Morgan fingerprint density at radius 1 is 1.00 bits per heavy atom. The average molecular weight is 498 g/mol. The number of halogens is 1. The molecular formula is C30H32FN5O. The third-order valence-electron chi connectivity index (χ3n) is 7.69. The molecule has 2 aliphatic heterocycles. The van der Waals surface area contributed by atoms with Crippen LogP contribution in [0, 0.1) is 5.82 Å². The molecule has 4 heterocycles. The molecule has 2 aliphatic rings. The summed E-state index contributed by atoms with van der Waals surface area (Å²) in [5.41, 5.74) is 6.64. The standard InChI is InChI=1S/C30H32FN5O/c31-24-6-3-21(4-7-24)18-36-15-11-29-27(20-36)26-16-23(5-8-28(26)34-29)30(37)33-25-9-13-35(14-10-25)19-22-2-1-12-32-17-22/h1-8,12,16-17,25,34H,9-11,13-15,18-20H2,(H,33,37). The summed E-state index contributed by atoms with van der Waals surface area (Å²) in [5, 5.41) is 4.40. The van der Waals surface area contributed by atoms with Crippen molar-refractivity contribution < 1.29 is 9.18 Å². The van der Waals surface area contributed by atoms with E-state index >= 15 is 0 Å². The number of nitrogens with zero attached hydrogens (tertiary/aromatic N) is 3. The Morgan fingerprint density at radius 3 is 2.59 bits per heavy atom. The molecule has 4 aromatic rings. The highest BCUT2D eigenvalue weighted by molar-refractivity contribution is 5.99. The number of aromatic nitrogens is 2. The maximum atomic E-state index is 13.3. The second kappa shape index (κ2) is 10.4. The Labute approximate surface area is 216 Å². The first-order valence-corrected chi connectivity index (χ1v) is 13.1. The van der Waals surface area contributed by atoms with Crippen LogP contribution >= 0.6 is 0 Å². The average Bonchev–Trinajstić information content (AvgIpc) is 3.29. The van der Waals surface area contributed by atoms with E-state index < -0.39 is 0 Å². The fourth-order valence-electron chi connectivity index (χ4n) is 5.65. The van der Waals surface area contributed by atoms with Crippen LogP contribution in [-0.2, 0) is 26.1 Å². The lowest BCUT2D eigenvalue weighted by Crippen LogP contribution is -2.44. The molecule has 0 aliphatic carbocycles. The molecular weight excluding hydrogens is 465 g/mol. The number of hydrogen-bond acceptors (Lipinski definition) is 4. The van der Waals surface area contributed by atoms with Crippen LogP contribution in [0.15, 0.2) is 67.0 Å². The van der Waals surface area contributed by atoms with E-state index in [1.807, 2.05) is 42.6 Å². The number of pyridine rings is 1. The second-order valence-corrected chi connectivity index (χ2v) is 10.3. The number of hydrogen-bond donors (Lipinski definition) is 2. The summed E-state index contributed by atoms with van der Waals surface area (Å²) in [7, 11) is 0. The van der Waals surface area contributed by atoms with E-state index in [0.717, 1.165) is 75.0 Å². The normalized spacial score (nSPS) is 17.1. The third kappa shape index (κ3) is 5.43. The number of amides is 1. The molecule has 0 spiro atoms. The van der Waals surface area contributed by atoms with Crippen molar-refractivity contribution in [2.75, 3.05) is 19.6 Å². The van der Waals surface area contributed by atoms with Crippen LogP contribution in [0.3, 0.4) is 0 Å². The summed E-state index contributed by atoms with van der Waals surface area (Å²) >= 11 is 0. The number of carbonyl (C=O) groups excluding carboxylic acids is 1. The summed E-state index contributed by atoms with van der Waals surface area (Å²) in [6.07, 6.45) is 6.56. The number of nitrogens with one attached hydrogen (secondary N) is 2. The zero-order valence-electron chi connectivity index (χ0n) is 20.9. The van der Waals surface area contributed by atoms with Gasteiger partial charge in [0.25, 0.3) is 5.91 Å². The number of aromatic amines is 1. The van der Waals surface area contributed by atoms with Gasteiger partial charge in [-0.15, -0.1) is 0 Å². The van der Waals surface area contributed by atoms with E-state index in [2.05, 4.69) is 31.2 Å². The quantitative estimate of drug-likeness (QED) is 0.407. The topological polar surface area (TPSA) is 64.3 Å². The van der Waals surface area contributed by atoms with Crippen molar-refractivity contribution >= 4 is 16.8 Å². The number of piperidine rings is 1. The van der Waals surface area contributed by atoms with Crippen molar-refractivity contribution in [2.45, 2.75) is 44.9 Å². The fourth-order valence-corrected chi connectivity index (χ4v) is 5.65. The van der Waals surface area contributed by atoms with Gasteiger partial charge in [0, 0.05) is 86.3 Å². The smallest absolute Gasteiger partial charge is 0.251 e. The van der Waals surface area contributed by atoms with Crippen LogP contribution in [0.2, 0.25) is 0 Å². The summed E-state index contributed by atoms with van der Waals surface area (Å²) in [4.78, 5) is 25.7. The summed E-state index contributed by atoms with van der Waals surface area (Å²) in [6.45, 7) is 5.38. The Morgan fingerprint density at radius 2 is 1.81 bits per heavy atom. The first-order valence-electron chi connectivity index (χ1n) is 13.1. The highest BCUT2D eigenvalue weighted by atomic mass is 19.1. The van der Waals surface area contributed by atoms with Crippen molar-refractivity contribution in [2.24, 2.45) is 0 Å². The summed E-state index contributed by atoms with van der Waals surface area (Å²) < 4.78 is 13.3. The van der Waals surface area contributed by atoms with Gasteiger partial charge in [0.2, 0.25) is 0 Å². The lowest BCUT2D eigenvalue weighted by molar-refractivity contribution is 0.0909. The van der Waals surface area contributed by atoms with Crippen molar-refractivity contribution in [3.63, 3.8) is 0 Å². The first-order chi connectivity index (χ1) is 18.1. The van der Waals surface area contributed by atoms with Crippen molar-refractivity contribution in [3.05, 3.63) is 101 Å². The predicted octanol–water partition coefficient (Wildman–Crippen LogP) is 4.65. The maximum Gasteiger partial charge on any atom is 0.251 e. The minimum atomic E-state index is -0.206. The maximum absolute atomic E-state index is 13.3. The SMILES string of the molecule is O=C(NC1CCN(Cc2cccnc2)CC1)c1ccc2[nH]c3c(c2c1)CN(Cc1ccc(F)cc1)CC3. The van der Waals surface area contributed by atoms with Crippen LogP contribution in [-0.4, -0.2) is 51.4 Å². The lowest BCUT2D eigenvalue weighted by atomic mass is 10.0. The van der Waals surface area contributed by atoms with Gasteiger partial charge in [0.05, 0.1) is 0 Å². The van der Waals surface area contributed by atoms with Crippen LogP contribution in [0.1, 0.15) is 45.6 Å². The minimum absolute atomic E-state index is 0.00142. The minimum Gasteiger partial charge on any atom is -0.358 e. The van der Waals surface area contributed by atoms with E-state index in [1.165, 1.54) is 29.0 Å². The van der Waals surface area contributed by atoms with Gasteiger partial charge < -0.3 is 10.3 Å². The Balaban J connectivity index is 1.09. The summed E-state index contributed by atoms with van der Waals surface area (Å²) in [5.74, 6) is -0.205. The largest absolute Gasteiger partial charge is 0.358 e. The van der Waals surface area contributed by atoms with Crippen LogP contribution < -0.4 is 5.32 Å². The van der Waals surface area contributed by atoms with E-state index in [9.17, 15) is 9.18 Å². The van der Waals surface area contributed by atoms with Crippen LogP contribution in [0.5, 0.6) is 0 Å². The van der Waals surface area contributed by atoms with Gasteiger partial charge in [-0.1, -0.05) is 18.2 Å². The number of fused-ring (bicyclic) bond motifs is 3. The van der Waals surface area contributed by atoms with E-state index in [0.29, 0.717) is 5.56 Å². The predicted molar refractivity (Wildman–Crippen MR) is 143 cm³/mol. The molecule has 0 atom stereocenters.